The first-order chi connectivity index (χ1) is 19.1. The van der Waals surface area contributed by atoms with Crippen LogP contribution in [0.5, 0.6) is 0 Å². The van der Waals surface area contributed by atoms with Gasteiger partial charge in [-0.2, -0.15) is 4.98 Å². The normalized spacial score (nSPS) is 11.2. The van der Waals surface area contributed by atoms with Crippen molar-refractivity contribution in [3.8, 4) is 22.6 Å². The number of benzene rings is 1. The van der Waals surface area contributed by atoms with Gasteiger partial charge in [-0.3, -0.25) is 9.78 Å². The number of aromatic nitrogens is 6. The third kappa shape index (κ3) is 5.98. The minimum Gasteiger partial charge on any atom is -0.376 e. The molecule has 0 spiro atoms. The highest BCUT2D eigenvalue weighted by atomic mass is 19.1. The topological polar surface area (TPSA) is 126 Å². The summed E-state index contributed by atoms with van der Waals surface area (Å²) in [6, 6.07) is 10.5. The predicted octanol–water partition coefficient (Wildman–Crippen LogP) is 5.53. The molecule has 0 saturated heterocycles. The van der Waals surface area contributed by atoms with Gasteiger partial charge in [0.25, 0.3) is 0 Å². The van der Waals surface area contributed by atoms with Crippen molar-refractivity contribution in [3.05, 3.63) is 71.9 Å². The van der Waals surface area contributed by atoms with Crippen molar-refractivity contribution in [1.82, 2.24) is 35.4 Å². The first kappa shape index (κ1) is 28.3. The maximum absolute atomic E-state index is 15.1. The molecule has 0 aliphatic heterocycles. The second kappa shape index (κ2) is 11.6. The van der Waals surface area contributed by atoms with E-state index in [1.54, 1.807) is 30.6 Å². The van der Waals surface area contributed by atoms with E-state index in [0.717, 1.165) is 11.3 Å². The smallest absolute Gasteiger partial charge is 0.315 e. The zero-order chi connectivity index (χ0) is 29.0. The lowest BCUT2D eigenvalue weighted by Gasteiger charge is -2.11. The lowest BCUT2D eigenvalue weighted by Crippen LogP contribution is -2.24. The molecule has 0 fully saturated rings. The SMILES string of the molecule is CC.CN(C)c1ccc(-c2nc3nccc(-c4ccc(CNC(=O)c5nc(C(C)(C)C)no5)c(F)c4)c3[nH]2)nc1. The molecule has 0 saturated carbocycles. The van der Waals surface area contributed by atoms with Crippen molar-refractivity contribution in [3.63, 3.8) is 0 Å². The molecule has 5 rings (SSSR count). The molecule has 4 heterocycles. The molecule has 2 N–H and O–H groups in total. The Morgan fingerprint density at radius 3 is 2.48 bits per heavy atom. The standard InChI is InChI=1S/C27H27FN8O2.C2H6/c1-27(2,3)26-34-25(38-35-26)24(37)31-13-16-7-6-15(12-19(16)28)18-10-11-29-23-21(18)32-22(33-23)20-9-8-17(14-30-20)36(4)5;1-2/h6-12,14H,13H2,1-5H3,(H,31,37)(H,29,32,33);1-2H3. The first-order valence-corrected chi connectivity index (χ1v) is 13.0. The molecule has 11 heteroatoms. The van der Waals surface area contributed by atoms with Crippen LogP contribution in [0, 0.1) is 5.82 Å². The summed E-state index contributed by atoms with van der Waals surface area (Å²) in [6.07, 6.45) is 3.40. The van der Waals surface area contributed by atoms with Gasteiger partial charge in [0.1, 0.15) is 11.5 Å². The number of H-pyrrole nitrogens is 1. The van der Waals surface area contributed by atoms with Crippen molar-refractivity contribution in [2.45, 2.75) is 46.6 Å². The fourth-order valence-corrected chi connectivity index (χ4v) is 3.79. The number of carbonyl (C=O) groups excluding carboxylic acids is 1. The fourth-order valence-electron chi connectivity index (χ4n) is 3.79. The molecule has 0 radical (unpaired) electrons. The van der Waals surface area contributed by atoms with Gasteiger partial charge in [-0.1, -0.05) is 51.9 Å². The molecule has 4 aromatic heterocycles. The van der Waals surface area contributed by atoms with Crippen LogP contribution >= 0.6 is 0 Å². The summed E-state index contributed by atoms with van der Waals surface area (Å²) >= 11 is 0. The number of amides is 1. The van der Waals surface area contributed by atoms with Crippen LogP contribution in [0.2, 0.25) is 0 Å². The Balaban J connectivity index is 0.00000181. The number of rotatable bonds is 6. The average Bonchev–Trinajstić information content (AvgIpc) is 3.61. The van der Waals surface area contributed by atoms with E-state index >= 15 is 4.39 Å². The van der Waals surface area contributed by atoms with Crippen molar-refractivity contribution in [1.29, 1.82) is 0 Å². The van der Waals surface area contributed by atoms with Gasteiger partial charge >= 0.3 is 11.8 Å². The summed E-state index contributed by atoms with van der Waals surface area (Å²) in [7, 11) is 3.89. The number of carbonyl (C=O) groups is 1. The Morgan fingerprint density at radius 2 is 1.85 bits per heavy atom. The highest BCUT2D eigenvalue weighted by molar-refractivity contribution is 5.91. The van der Waals surface area contributed by atoms with E-state index in [4.69, 9.17) is 4.52 Å². The van der Waals surface area contributed by atoms with Crippen LogP contribution in [0.1, 0.15) is 56.7 Å². The number of anilines is 1. The molecular formula is C29H33FN8O2. The molecule has 0 aliphatic rings. The van der Waals surface area contributed by atoms with Crippen LogP contribution in [0.25, 0.3) is 33.8 Å². The molecule has 208 valence electrons. The minimum absolute atomic E-state index is 0.0350. The zero-order valence-electron chi connectivity index (χ0n) is 23.7. The molecule has 10 nitrogen and oxygen atoms in total. The van der Waals surface area contributed by atoms with Crippen molar-refractivity contribution < 1.29 is 13.7 Å². The highest BCUT2D eigenvalue weighted by Crippen LogP contribution is 2.29. The lowest BCUT2D eigenvalue weighted by molar-refractivity contribution is 0.0906. The number of pyridine rings is 2. The molecule has 1 amide bonds. The Labute approximate surface area is 232 Å². The fraction of sp³-hybridized carbons (Fsp3) is 0.310. The molecule has 0 atom stereocenters. The number of nitrogens with one attached hydrogen (secondary N) is 2. The summed E-state index contributed by atoms with van der Waals surface area (Å²) in [5.41, 5.74) is 4.17. The molecule has 5 aromatic rings. The van der Waals surface area contributed by atoms with Crippen LogP contribution in [0.15, 0.2) is 53.3 Å². The van der Waals surface area contributed by atoms with Crippen LogP contribution in [-0.2, 0) is 12.0 Å². The molecule has 40 heavy (non-hydrogen) atoms. The minimum atomic E-state index is -0.565. The van der Waals surface area contributed by atoms with Gasteiger partial charge in [0.05, 0.1) is 17.4 Å². The molecule has 1 aromatic carbocycles. The van der Waals surface area contributed by atoms with E-state index in [0.29, 0.717) is 39.6 Å². The highest BCUT2D eigenvalue weighted by Gasteiger charge is 2.24. The summed E-state index contributed by atoms with van der Waals surface area (Å²) in [5.74, 6) is -0.197. The molecular weight excluding hydrogens is 511 g/mol. The second-order valence-electron chi connectivity index (χ2n) is 10.1. The van der Waals surface area contributed by atoms with Gasteiger partial charge in [0.2, 0.25) is 0 Å². The number of halogens is 1. The van der Waals surface area contributed by atoms with Gasteiger partial charge in [0, 0.05) is 43.4 Å². The molecule has 0 aliphatic carbocycles. The third-order valence-electron chi connectivity index (χ3n) is 5.99. The van der Waals surface area contributed by atoms with Gasteiger partial charge in [-0.25, -0.2) is 14.4 Å². The Bertz CT molecular complexity index is 1620. The zero-order valence-corrected chi connectivity index (χ0v) is 23.7. The van der Waals surface area contributed by atoms with Gasteiger partial charge in [-0.15, -0.1) is 0 Å². The largest absolute Gasteiger partial charge is 0.376 e. The van der Waals surface area contributed by atoms with E-state index in [9.17, 15) is 4.79 Å². The van der Waals surface area contributed by atoms with Crippen LogP contribution < -0.4 is 10.2 Å². The van der Waals surface area contributed by atoms with Crippen molar-refractivity contribution in [2.75, 3.05) is 19.0 Å². The van der Waals surface area contributed by atoms with E-state index < -0.39 is 11.7 Å². The summed E-state index contributed by atoms with van der Waals surface area (Å²) < 4.78 is 20.1. The number of fused-ring (bicyclic) bond motifs is 1. The van der Waals surface area contributed by atoms with Crippen LogP contribution in [0.3, 0.4) is 0 Å². The lowest BCUT2D eigenvalue weighted by atomic mass is 9.96. The van der Waals surface area contributed by atoms with E-state index in [1.807, 2.05) is 65.7 Å². The Morgan fingerprint density at radius 1 is 1.07 bits per heavy atom. The second-order valence-corrected chi connectivity index (χ2v) is 10.1. The molecule has 0 bridgehead atoms. The Hall–Kier alpha value is -4.67. The summed E-state index contributed by atoms with van der Waals surface area (Å²) in [6.45, 7) is 9.70. The number of imidazole rings is 1. The Kier molecular flexibility index (Phi) is 8.22. The number of hydrogen-bond donors (Lipinski definition) is 2. The molecule has 0 unspecified atom stereocenters. The number of nitrogens with zero attached hydrogens (tertiary/aromatic N) is 6. The van der Waals surface area contributed by atoms with E-state index in [-0.39, 0.29) is 17.9 Å². The summed E-state index contributed by atoms with van der Waals surface area (Å²) in [5, 5.41) is 6.47. The van der Waals surface area contributed by atoms with Crippen LogP contribution in [0.4, 0.5) is 10.1 Å². The monoisotopic (exact) mass is 544 g/mol. The van der Waals surface area contributed by atoms with Gasteiger partial charge in [-0.05, 0) is 29.8 Å². The summed E-state index contributed by atoms with van der Waals surface area (Å²) in [4.78, 5) is 35.2. The van der Waals surface area contributed by atoms with Gasteiger partial charge < -0.3 is 19.7 Å². The predicted molar refractivity (Wildman–Crippen MR) is 152 cm³/mol. The van der Waals surface area contributed by atoms with E-state index in [1.165, 1.54) is 6.07 Å². The first-order valence-electron chi connectivity index (χ1n) is 13.0. The maximum Gasteiger partial charge on any atom is 0.315 e. The quantitative estimate of drug-likeness (QED) is 0.286. The van der Waals surface area contributed by atoms with E-state index in [2.05, 4.69) is 35.4 Å². The number of aromatic amines is 1. The van der Waals surface area contributed by atoms with Crippen molar-refractivity contribution in [2.24, 2.45) is 0 Å². The van der Waals surface area contributed by atoms with Crippen LogP contribution in [-0.4, -0.2) is 50.1 Å². The van der Waals surface area contributed by atoms with Gasteiger partial charge in [0.15, 0.2) is 17.3 Å². The average molecular weight is 545 g/mol. The van der Waals surface area contributed by atoms with Crippen molar-refractivity contribution >= 4 is 22.8 Å². The number of hydrogen-bond acceptors (Lipinski definition) is 8. The third-order valence-corrected chi connectivity index (χ3v) is 5.99. The maximum atomic E-state index is 15.1.